The van der Waals surface area contributed by atoms with Gasteiger partial charge in [0.15, 0.2) is 5.13 Å². The molecule has 1 aromatic heterocycles. The highest BCUT2D eigenvalue weighted by Crippen LogP contribution is 2.33. The quantitative estimate of drug-likeness (QED) is 0.461. The van der Waals surface area contributed by atoms with E-state index in [9.17, 15) is 5.11 Å². The summed E-state index contributed by atoms with van der Waals surface area (Å²) in [5.41, 5.74) is -0.0976. The summed E-state index contributed by atoms with van der Waals surface area (Å²) in [5, 5.41) is 13.3. The van der Waals surface area contributed by atoms with E-state index in [1.165, 1.54) is 23.3 Å². The van der Waals surface area contributed by atoms with E-state index in [-0.39, 0.29) is 0 Å². The SMILES string of the molecule is CCC(O)(CC)c1csc(NSc2ccc(Oc3ccccc3)cc2)n1. The molecule has 3 aromatic rings. The van der Waals surface area contributed by atoms with Crippen LogP contribution < -0.4 is 9.46 Å². The van der Waals surface area contributed by atoms with Gasteiger partial charge in [-0.25, -0.2) is 4.98 Å². The van der Waals surface area contributed by atoms with Crippen molar-refractivity contribution in [3.8, 4) is 11.5 Å². The van der Waals surface area contributed by atoms with Crippen molar-refractivity contribution >= 4 is 28.4 Å². The van der Waals surface area contributed by atoms with Crippen molar-refractivity contribution in [2.75, 3.05) is 4.72 Å². The third-order valence-corrected chi connectivity index (χ3v) is 5.90. The number of aliphatic hydroxyl groups is 1. The van der Waals surface area contributed by atoms with Crippen molar-refractivity contribution in [1.82, 2.24) is 4.98 Å². The lowest BCUT2D eigenvalue weighted by Gasteiger charge is -2.22. The molecule has 0 aliphatic rings. The number of para-hydroxylation sites is 1. The number of benzene rings is 2. The summed E-state index contributed by atoms with van der Waals surface area (Å²) in [6.07, 6.45) is 1.31. The fraction of sp³-hybridized carbons (Fsp3) is 0.250. The minimum atomic E-state index is -0.836. The van der Waals surface area contributed by atoms with Gasteiger partial charge in [0.25, 0.3) is 0 Å². The van der Waals surface area contributed by atoms with Gasteiger partial charge in [-0.1, -0.05) is 32.0 Å². The number of rotatable bonds is 8. The van der Waals surface area contributed by atoms with Crippen LogP contribution in [0.4, 0.5) is 5.13 Å². The van der Waals surface area contributed by atoms with E-state index >= 15 is 0 Å². The molecule has 0 saturated heterocycles. The molecule has 0 amide bonds. The molecule has 0 aliphatic carbocycles. The number of hydrogen-bond acceptors (Lipinski definition) is 6. The monoisotopic (exact) mass is 386 g/mol. The van der Waals surface area contributed by atoms with Gasteiger partial charge in [-0.15, -0.1) is 11.3 Å². The molecule has 0 aliphatic heterocycles. The van der Waals surface area contributed by atoms with E-state index in [4.69, 9.17) is 4.74 Å². The van der Waals surface area contributed by atoms with Crippen molar-refractivity contribution < 1.29 is 9.84 Å². The van der Waals surface area contributed by atoms with Crippen molar-refractivity contribution in [2.24, 2.45) is 0 Å². The zero-order valence-electron chi connectivity index (χ0n) is 14.8. The number of aromatic nitrogens is 1. The standard InChI is InChI=1S/C20H22N2O2S2/c1-3-20(23,4-2)18-14-25-19(21-18)22-26-17-12-10-16(11-13-17)24-15-8-6-5-7-9-15/h5-14,23H,3-4H2,1-2H3,(H,21,22). The first-order valence-corrected chi connectivity index (χ1v) is 10.3. The van der Waals surface area contributed by atoms with Gasteiger partial charge in [-0.05, 0) is 61.2 Å². The summed E-state index contributed by atoms with van der Waals surface area (Å²) in [6, 6.07) is 17.6. The van der Waals surface area contributed by atoms with Gasteiger partial charge in [-0.3, -0.25) is 0 Å². The number of thiazole rings is 1. The normalized spacial score (nSPS) is 11.3. The molecule has 3 rings (SSSR count). The van der Waals surface area contributed by atoms with E-state index in [2.05, 4.69) is 9.71 Å². The second-order valence-electron chi connectivity index (χ2n) is 5.87. The Balaban J connectivity index is 1.58. The zero-order chi connectivity index (χ0) is 18.4. The highest BCUT2D eigenvalue weighted by atomic mass is 32.2. The van der Waals surface area contributed by atoms with Crippen LogP contribution in [-0.2, 0) is 5.60 Å². The summed E-state index contributed by atoms with van der Waals surface area (Å²) in [4.78, 5) is 5.58. The minimum absolute atomic E-state index is 0.655. The average Bonchev–Trinajstić information content (AvgIpc) is 3.17. The molecule has 6 heteroatoms. The first kappa shape index (κ1) is 18.8. The van der Waals surface area contributed by atoms with Gasteiger partial charge in [0.05, 0.1) is 5.69 Å². The molecule has 0 fully saturated rings. The first-order valence-electron chi connectivity index (χ1n) is 8.57. The van der Waals surface area contributed by atoms with Gasteiger partial charge >= 0.3 is 0 Å². The van der Waals surface area contributed by atoms with Crippen LogP contribution in [-0.4, -0.2) is 10.1 Å². The van der Waals surface area contributed by atoms with E-state index in [1.54, 1.807) is 0 Å². The summed E-state index contributed by atoms with van der Waals surface area (Å²) >= 11 is 2.99. The molecule has 0 radical (unpaired) electrons. The molecule has 0 atom stereocenters. The lowest BCUT2D eigenvalue weighted by atomic mass is 9.94. The third-order valence-electron chi connectivity index (χ3n) is 4.21. The largest absolute Gasteiger partial charge is 0.457 e. The molecule has 2 aromatic carbocycles. The molecule has 1 heterocycles. The second kappa shape index (κ2) is 8.58. The molecule has 136 valence electrons. The van der Waals surface area contributed by atoms with Crippen molar-refractivity contribution in [2.45, 2.75) is 37.2 Å². The van der Waals surface area contributed by atoms with Gasteiger partial charge in [0.1, 0.15) is 17.1 Å². The second-order valence-corrected chi connectivity index (χ2v) is 7.60. The molecule has 0 spiro atoms. The van der Waals surface area contributed by atoms with Crippen LogP contribution in [0.1, 0.15) is 32.4 Å². The molecular formula is C20H22N2O2S2. The summed E-state index contributed by atoms with van der Waals surface area (Å²) in [5.74, 6) is 1.62. The van der Waals surface area contributed by atoms with Crippen LogP contribution in [0.25, 0.3) is 0 Å². The van der Waals surface area contributed by atoms with E-state index in [0.29, 0.717) is 12.8 Å². The average molecular weight is 387 g/mol. The van der Waals surface area contributed by atoms with Crippen LogP contribution in [0.3, 0.4) is 0 Å². The Bertz CT molecular complexity index is 815. The fourth-order valence-corrected chi connectivity index (χ4v) is 3.94. The predicted molar refractivity (Wildman–Crippen MR) is 109 cm³/mol. The lowest BCUT2D eigenvalue weighted by Crippen LogP contribution is -2.23. The Labute approximate surface area is 162 Å². The predicted octanol–water partition coefficient (Wildman–Crippen LogP) is 6.06. The molecule has 4 nitrogen and oxygen atoms in total. The van der Waals surface area contributed by atoms with Crippen molar-refractivity contribution in [1.29, 1.82) is 0 Å². The highest BCUT2D eigenvalue weighted by Gasteiger charge is 2.27. The maximum Gasteiger partial charge on any atom is 0.193 e. The Morgan fingerprint density at radius 3 is 2.35 bits per heavy atom. The van der Waals surface area contributed by atoms with Crippen LogP contribution in [0.2, 0.25) is 0 Å². The van der Waals surface area contributed by atoms with Gasteiger partial charge in [0.2, 0.25) is 0 Å². The molecule has 2 N–H and O–H groups in total. The Hall–Kier alpha value is -2.02. The Morgan fingerprint density at radius 2 is 1.69 bits per heavy atom. The Kier molecular flexibility index (Phi) is 6.19. The van der Waals surface area contributed by atoms with Crippen LogP contribution in [0.15, 0.2) is 64.9 Å². The van der Waals surface area contributed by atoms with E-state index in [1.807, 2.05) is 73.8 Å². The maximum absolute atomic E-state index is 10.5. The topological polar surface area (TPSA) is 54.4 Å². The Morgan fingerprint density at radius 1 is 1.04 bits per heavy atom. The fourth-order valence-electron chi connectivity index (χ4n) is 2.45. The molecular weight excluding hydrogens is 364 g/mol. The van der Waals surface area contributed by atoms with Crippen molar-refractivity contribution in [3.05, 3.63) is 65.7 Å². The number of hydrogen-bond donors (Lipinski definition) is 2. The number of nitrogens with zero attached hydrogens (tertiary/aromatic N) is 1. The molecule has 0 bridgehead atoms. The number of anilines is 1. The van der Waals surface area contributed by atoms with E-state index in [0.717, 1.165) is 27.2 Å². The summed E-state index contributed by atoms with van der Waals surface area (Å²) in [7, 11) is 0. The van der Waals surface area contributed by atoms with Gasteiger partial charge in [0, 0.05) is 10.3 Å². The van der Waals surface area contributed by atoms with Gasteiger partial charge in [-0.2, -0.15) is 0 Å². The minimum Gasteiger partial charge on any atom is -0.457 e. The van der Waals surface area contributed by atoms with E-state index < -0.39 is 5.60 Å². The third kappa shape index (κ3) is 4.58. The van der Waals surface area contributed by atoms with Crippen LogP contribution in [0.5, 0.6) is 11.5 Å². The lowest BCUT2D eigenvalue weighted by molar-refractivity contribution is 0.0247. The zero-order valence-corrected chi connectivity index (χ0v) is 16.4. The smallest absolute Gasteiger partial charge is 0.193 e. The molecule has 26 heavy (non-hydrogen) atoms. The van der Waals surface area contributed by atoms with Crippen molar-refractivity contribution in [3.63, 3.8) is 0 Å². The number of ether oxygens (including phenoxy) is 1. The maximum atomic E-state index is 10.5. The first-order chi connectivity index (χ1) is 12.6. The van der Waals surface area contributed by atoms with Gasteiger partial charge < -0.3 is 14.6 Å². The summed E-state index contributed by atoms with van der Waals surface area (Å²) < 4.78 is 9.04. The molecule has 0 unspecified atom stereocenters. The van der Waals surface area contributed by atoms with Crippen LogP contribution in [0, 0.1) is 0 Å². The summed E-state index contributed by atoms with van der Waals surface area (Å²) in [6.45, 7) is 3.95. The highest BCUT2D eigenvalue weighted by molar-refractivity contribution is 8.00. The molecule has 0 saturated carbocycles. The number of nitrogens with one attached hydrogen (secondary N) is 1. The van der Waals surface area contributed by atoms with Crippen LogP contribution >= 0.6 is 23.3 Å².